The fraction of sp³-hybridized carbons (Fsp3) is 0.375. The molecule has 2 aromatic rings. The number of anilines is 1. The van der Waals surface area contributed by atoms with Crippen molar-refractivity contribution in [1.29, 1.82) is 0 Å². The van der Waals surface area contributed by atoms with Crippen LogP contribution in [0.1, 0.15) is 23.7 Å². The van der Waals surface area contributed by atoms with Crippen LogP contribution in [0.5, 0.6) is 0 Å². The van der Waals surface area contributed by atoms with Crippen LogP contribution in [-0.4, -0.2) is 41.9 Å². The Hall–Kier alpha value is -2.14. The smallest absolute Gasteiger partial charge is 0.336 e. The summed E-state index contributed by atoms with van der Waals surface area (Å²) in [6.45, 7) is 4.56. The van der Waals surface area contributed by atoms with Crippen molar-refractivity contribution in [2.45, 2.75) is 19.4 Å². The molecule has 1 saturated heterocycles. The number of benzene rings is 1. The molecule has 0 bridgehead atoms. The first-order chi connectivity index (χ1) is 10.1. The zero-order valence-electron chi connectivity index (χ0n) is 12.0. The van der Waals surface area contributed by atoms with Gasteiger partial charge in [0.25, 0.3) is 0 Å². The average molecular weight is 286 g/mol. The third-order valence-corrected chi connectivity index (χ3v) is 3.77. The molecule has 0 saturated carbocycles. The Morgan fingerprint density at radius 3 is 3.10 bits per heavy atom. The van der Waals surface area contributed by atoms with Gasteiger partial charge in [-0.15, -0.1) is 0 Å². The molecule has 21 heavy (non-hydrogen) atoms. The molecule has 1 aliphatic rings. The molecule has 110 valence electrons. The molecule has 0 unspecified atom stereocenters. The van der Waals surface area contributed by atoms with E-state index in [2.05, 4.69) is 16.8 Å². The third kappa shape index (κ3) is 2.83. The van der Waals surface area contributed by atoms with Gasteiger partial charge in [0.1, 0.15) is 0 Å². The molecule has 1 aromatic heterocycles. The highest BCUT2D eigenvalue weighted by atomic mass is 16.5. The monoisotopic (exact) mass is 286 g/mol. The van der Waals surface area contributed by atoms with Gasteiger partial charge in [0.05, 0.1) is 17.2 Å². The number of nitrogens with zero attached hydrogens (tertiary/aromatic N) is 2. The lowest BCUT2D eigenvalue weighted by atomic mass is 10.1. The van der Waals surface area contributed by atoms with Crippen molar-refractivity contribution in [3.8, 4) is 0 Å². The fourth-order valence-corrected chi connectivity index (χ4v) is 2.75. The summed E-state index contributed by atoms with van der Waals surface area (Å²) >= 11 is 0. The molecule has 1 aromatic carbocycles. The van der Waals surface area contributed by atoms with Crippen LogP contribution in [0.15, 0.2) is 30.5 Å². The Labute approximate surface area is 123 Å². The van der Waals surface area contributed by atoms with Crippen molar-refractivity contribution >= 4 is 22.6 Å². The van der Waals surface area contributed by atoms with E-state index in [9.17, 15) is 9.90 Å². The number of rotatable bonds is 2. The summed E-state index contributed by atoms with van der Waals surface area (Å²) in [6, 6.07) is 7.35. The van der Waals surface area contributed by atoms with Crippen molar-refractivity contribution in [2.75, 3.05) is 24.6 Å². The number of carboxylic acids is 1. The zero-order chi connectivity index (χ0) is 14.8. The van der Waals surface area contributed by atoms with E-state index in [1.54, 1.807) is 6.07 Å². The number of carbonyl (C=O) groups is 1. The van der Waals surface area contributed by atoms with Crippen LogP contribution in [0.3, 0.4) is 0 Å². The van der Waals surface area contributed by atoms with Crippen LogP contribution in [0.25, 0.3) is 10.9 Å². The first kappa shape index (κ1) is 13.8. The molecule has 1 aliphatic heterocycles. The molecule has 1 N–H and O–H groups in total. The van der Waals surface area contributed by atoms with Gasteiger partial charge < -0.3 is 14.7 Å². The number of carboxylic acid groups (broad SMARTS) is 1. The third-order valence-electron chi connectivity index (χ3n) is 3.77. The summed E-state index contributed by atoms with van der Waals surface area (Å²) in [6.07, 6.45) is 2.69. The quantitative estimate of drug-likeness (QED) is 0.919. The molecular weight excluding hydrogens is 268 g/mol. The van der Waals surface area contributed by atoms with E-state index in [0.717, 1.165) is 31.8 Å². The van der Waals surface area contributed by atoms with Gasteiger partial charge >= 0.3 is 5.97 Å². The summed E-state index contributed by atoms with van der Waals surface area (Å²) in [5, 5.41) is 9.99. The molecule has 0 radical (unpaired) electrons. The fourth-order valence-electron chi connectivity index (χ4n) is 2.75. The first-order valence-electron chi connectivity index (χ1n) is 7.14. The van der Waals surface area contributed by atoms with Gasteiger partial charge in [-0.2, -0.15) is 0 Å². The standard InChI is InChI=1S/C16H18N2O3/c1-11-10-18(7-2-8-21-11)12-3-4-15-14(9-12)13(16(19)20)5-6-17-15/h3-6,9,11H,2,7-8,10H2,1H3,(H,19,20)/t11-/m1/s1. The zero-order valence-corrected chi connectivity index (χ0v) is 12.0. The summed E-state index contributed by atoms with van der Waals surface area (Å²) in [4.78, 5) is 17.8. The van der Waals surface area contributed by atoms with Crippen LogP contribution in [-0.2, 0) is 4.74 Å². The van der Waals surface area contributed by atoms with Gasteiger partial charge in [-0.3, -0.25) is 4.98 Å². The maximum absolute atomic E-state index is 11.3. The molecule has 5 nitrogen and oxygen atoms in total. The molecule has 0 aliphatic carbocycles. The van der Waals surface area contributed by atoms with Gasteiger partial charge in [-0.25, -0.2) is 4.79 Å². The normalized spacial score (nSPS) is 19.5. The Balaban J connectivity index is 2.03. The van der Waals surface area contributed by atoms with Crippen LogP contribution < -0.4 is 4.90 Å². The number of fused-ring (bicyclic) bond motifs is 1. The molecule has 1 atom stereocenters. The number of aromatic nitrogens is 1. The van der Waals surface area contributed by atoms with Crippen LogP contribution >= 0.6 is 0 Å². The van der Waals surface area contributed by atoms with Crippen molar-refractivity contribution in [3.63, 3.8) is 0 Å². The first-order valence-corrected chi connectivity index (χ1v) is 7.14. The largest absolute Gasteiger partial charge is 0.478 e. The number of hydrogen-bond acceptors (Lipinski definition) is 4. The summed E-state index contributed by atoms with van der Waals surface area (Å²) in [5.74, 6) is -0.924. The summed E-state index contributed by atoms with van der Waals surface area (Å²) in [5.41, 5.74) is 2.02. The molecule has 3 rings (SSSR count). The highest BCUT2D eigenvalue weighted by molar-refractivity contribution is 6.03. The lowest BCUT2D eigenvalue weighted by molar-refractivity contribution is 0.0699. The Morgan fingerprint density at radius 2 is 2.29 bits per heavy atom. The highest BCUT2D eigenvalue weighted by Crippen LogP contribution is 2.25. The number of pyridine rings is 1. The minimum atomic E-state index is -0.924. The number of aromatic carboxylic acids is 1. The van der Waals surface area contributed by atoms with Gasteiger partial charge in [-0.1, -0.05) is 0 Å². The highest BCUT2D eigenvalue weighted by Gasteiger charge is 2.17. The summed E-state index contributed by atoms with van der Waals surface area (Å²) < 4.78 is 5.66. The minimum Gasteiger partial charge on any atom is -0.478 e. The van der Waals surface area contributed by atoms with Crippen molar-refractivity contribution < 1.29 is 14.6 Å². The average Bonchev–Trinajstić information content (AvgIpc) is 2.70. The predicted octanol–water partition coefficient (Wildman–Crippen LogP) is 2.55. The van der Waals surface area contributed by atoms with Crippen molar-refractivity contribution in [3.05, 3.63) is 36.0 Å². The molecule has 2 heterocycles. The number of ether oxygens (including phenoxy) is 1. The van der Waals surface area contributed by atoms with Gasteiger partial charge in [0, 0.05) is 37.0 Å². The molecule has 5 heteroatoms. The van der Waals surface area contributed by atoms with E-state index in [0.29, 0.717) is 16.5 Å². The molecule has 0 amide bonds. The van der Waals surface area contributed by atoms with E-state index in [4.69, 9.17) is 4.74 Å². The second kappa shape index (κ2) is 5.69. The molecule has 1 fully saturated rings. The lowest BCUT2D eigenvalue weighted by Crippen LogP contribution is -2.30. The Morgan fingerprint density at radius 1 is 1.43 bits per heavy atom. The van der Waals surface area contributed by atoms with E-state index < -0.39 is 5.97 Å². The maximum Gasteiger partial charge on any atom is 0.336 e. The predicted molar refractivity (Wildman–Crippen MR) is 80.9 cm³/mol. The SMILES string of the molecule is C[C@@H]1CN(c2ccc3nccc(C(=O)O)c3c2)CCCO1. The van der Waals surface area contributed by atoms with Crippen molar-refractivity contribution in [2.24, 2.45) is 0 Å². The van der Waals surface area contributed by atoms with Crippen LogP contribution in [0.2, 0.25) is 0 Å². The minimum absolute atomic E-state index is 0.177. The second-order valence-corrected chi connectivity index (χ2v) is 5.35. The van der Waals surface area contributed by atoms with Crippen LogP contribution in [0, 0.1) is 0 Å². The molecule has 0 spiro atoms. The van der Waals surface area contributed by atoms with Crippen molar-refractivity contribution in [1.82, 2.24) is 4.98 Å². The van der Waals surface area contributed by atoms with Crippen LogP contribution in [0.4, 0.5) is 5.69 Å². The van der Waals surface area contributed by atoms with Gasteiger partial charge in [0.2, 0.25) is 0 Å². The Bertz CT molecular complexity index is 672. The number of hydrogen-bond donors (Lipinski definition) is 1. The second-order valence-electron chi connectivity index (χ2n) is 5.35. The summed E-state index contributed by atoms with van der Waals surface area (Å²) in [7, 11) is 0. The molecular formula is C16H18N2O3. The van der Waals surface area contributed by atoms with Gasteiger partial charge in [-0.05, 0) is 37.6 Å². The topological polar surface area (TPSA) is 62.7 Å². The Kier molecular flexibility index (Phi) is 3.75. The lowest BCUT2D eigenvalue weighted by Gasteiger charge is -2.24. The van der Waals surface area contributed by atoms with E-state index in [1.165, 1.54) is 6.20 Å². The van der Waals surface area contributed by atoms with E-state index >= 15 is 0 Å². The van der Waals surface area contributed by atoms with Gasteiger partial charge in [0.15, 0.2) is 0 Å². The van der Waals surface area contributed by atoms with E-state index in [1.807, 2.05) is 18.2 Å². The van der Waals surface area contributed by atoms with E-state index in [-0.39, 0.29) is 6.10 Å². The maximum atomic E-state index is 11.3.